The van der Waals surface area contributed by atoms with Gasteiger partial charge in [0.1, 0.15) is 23.0 Å². The van der Waals surface area contributed by atoms with Crippen LogP contribution in [0.3, 0.4) is 0 Å². The quantitative estimate of drug-likeness (QED) is 0.0905. The van der Waals surface area contributed by atoms with Crippen LogP contribution in [-0.4, -0.2) is 12.2 Å². The number of benzene rings is 6. The highest BCUT2D eigenvalue weighted by Gasteiger charge is 2.42. The van der Waals surface area contributed by atoms with Crippen molar-refractivity contribution >= 4 is 45.2 Å². The fourth-order valence-corrected chi connectivity index (χ4v) is 7.81. The van der Waals surface area contributed by atoms with Crippen LogP contribution in [0.15, 0.2) is 158 Å². The highest BCUT2D eigenvalue weighted by atomic mass is 127. The lowest BCUT2D eigenvalue weighted by Gasteiger charge is -2.45. The van der Waals surface area contributed by atoms with E-state index >= 15 is 0 Å². The molecule has 4 atom stereocenters. The van der Waals surface area contributed by atoms with Gasteiger partial charge in [-0.25, -0.2) is 0 Å². The van der Waals surface area contributed by atoms with E-state index in [-0.39, 0.29) is 23.0 Å². The minimum Gasteiger partial charge on any atom is -0.457 e. The second-order valence-corrected chi connectivity index (χ2v) is 16.7. The Kier molecular flexibility index (Phi) is 13.3. The molecular formula is C48H48I2O3. The lowest BCUT2D eigenvalue weighted by atomic mass is 9.71. The van der Waals surface area contributed by atoms with E-state index < -0.39 is 0 Å². The van der Waals surface area contributed by atoms with Crippen LogP contribution in [-0.2, 0) is 28.4 Å². The van der Waals surface area contributed by atoms with Crippen LogP contribution in [0.25, 0.3) is 0 Å². The number of hydrogen-bond acceptors (Lipinski definition) is 3. The monoisotopic (exact) mass is 926 g/mol. The SMILES string of the molecule is CCC(C)(c1ccc(I)cc1)C(Cc1cccc(Oc2ccccc2)c1)OC(Cc1cccc(Oc2ccccc2)c1)C(C)(CC)c1ccc(I)cc1. The van der Waals surface area contributed by atoms with E-state index in [2.05, 4.69) is 158 Å². The fourth-order valence-electron chi connectivity index (χ4n) is 7.09. The predicted octanol–water partition coefficient (Wildman–Crippen LogP) is 13.8. The minimum absolute atomic E-state index is 0.150. The lowest BCUT2D eigenvalue weighted by Crippen LogP contribution is -2.48. The van der Waals surface area contributed by atoms with Gasteiger partial charge < -0.3 is 14.2 Å². The number of para-hydroxylation sites is 2. The molecule has 0 N–H and O–H groups in total. The molecule has 272 valence electrons. The fraction of sp³-hybridized carbons (Fsp3) is 0.250. The van der Waals surface area contributed by atoms with Crippen molar-refractivity contribution in [2.45, 2.75) is 76.4 Å². The molecule has 0 aliphatic heterocycles. The second-order valence-electron chi connectivity index (χ2n) is 14.2. The molecule has 6 rings (SSSR count). The third-order valence-corrected chi connectivity index (χ3v) is 12.3. The van der Waals surface area contributed by atoms with Crippen molar-refractivity contribution < 1.29 is 14.2 Å². The van der Waals surface area contributed by atoms with Crippen LogP contribution in [0.2, 0.25) is 0 Å². The third-order valence-electron chi connectivity index (χ3n) is 10.8. The molecule has 0 bridgehead atoms. The summed E-state index contributed by atoms with van der Waals surface area (Å²) < 4.78 is 22.8. The van der Waals surface area contributed by atoms with Crippen molar-refractivity contribution in [3.05, 3.63) is 187 Å². The van der Waals surface area contributed by atoms with E-state index in [1.165, 1.54) is 29.4 Å². The van der Waals surface area contributed by atoms with Crippen molar-refractivity contribution in [2.75, 3.05) is 0 Å². The highest BCUT2D eigenvalue weighted by Crippen LogP contribution is 2.42. The first kappa shape index (κ1) is 39.0. The molecule has 53 heavy (non-hydrogen) atoms. The molecule has 0 radical (unpaired) electrons. The Morgan fingerprint density at radius 2 is 0.811 bits per heavy atom. The third kappa shape index (κ3) is 9.91. The Balaban J connectivity index is 1.41. The Bertz CT molecular complexity index is 1880. The largest absolute Gasteiger partial charge is 0.457 e. The van der Waals surface area contributed by atoms with Gasteiger partial charge in [0.15, 0.2) is 0 Å². The maximum Gasteiger partial charge on any atom is 0.127 e. The van der Waals surface area contributed by atoms with Crippen LogP contribution in [0.1, 0.15) is 62.8 Å². The summed E-state index contributed by atoms with van der Waals surface area (Å²) in [6.45, 7) is 9.34. The first-order chi connectivity index (χ1) is 25.7. The molecule has 0 heterocycles. The number of ether oxygens (including phenoxy) is 3. The van der Waals surface area contributed by atoms with Crippen LogP contribution in [0.4, 0.5) is 0 Å². The standard InChI is InChI=1S/C48H48I2O3/c1-5-47(3,37-23-27-39(49)28-24-37)45(33-35-15-13-21-43(31-35)51-41-17-9-7-10-18-41)53-46(48(4,6-2)38-25-29-40(50)30-26-38)34-36-16-14-22-44(32-36)52-42-19-11-8-12-20-42/h7-32,45-46H,5-6,33-34H2,1-4H3. The lowest BCUT2D eigenvalue weighted by molar-refractivity contribution is -0.0840. The summed E-state index contributed by atoms with van der Waals surface area (Å²) in [5.41, 5.74) is 4.37. The maximum absolute atomic E-state index is 7.77. The number of rotatable bonds is 16. The molecule has 0 aromatic heterocycles. The summed E-state index contributed by atoms with van der Waals surface area (Å²) in [6, 6.07) is 55.0. The van der Waals surface area contributed by atoms with Gasteiger partial charge in [-0.05, 0) is 166 Å². The van der Waals surface area contributed by atoms with E-state index in [1.54, 1.807) is 0 Å². The summed E-state index contributed by atoms with van der Waals surface area (Å²) in [6.07, 6.45) is 2.98. The molecule has 0 amide bonds. The van der Waals surface area contributed by atoms with Crippen LogP contribution in [0, 0.1) is 7.14 Å². The molecule has 0 aliphatic carbocycles. The van der Waals surface area contributed by atoms with Gasteiger partial charge in [-0.3, -0.25) is 0 Å². The van der Waals surface area contributed by atoms with Gasteiger partial charge in [0.05, 0.1) is 12.2 Å². The van der Waals surface area contributed by atoms with Gasteiger partial charge in [0, 0.05) is 18.0 Å². The minimum atomic E-state index is -0.280. The Labute approximate surface area is 343 Å². The first-order valence-corrected chi connectivity index (χ1v) is 20.7. The average molecular weight is 927 g/mol. The Hall–Kier alpha value is -3.66. The highest BCUT2D eigenvalue weighted by molar-refractivity contribution is 14.1. The zero-order valence-corrected chi connectivity index (χ0v) is 35.3. The van der Waals surface area contributed by atoms with Gasteiger partial charge in [0.25, 0.3) is 0 Å². The van der Waals surface area contributed by atoms with Crippen LogP contribution < -0.4 is 9.47 Å². The number of halogens is 2. The number of hydrogen-bond donors (Lipinski definition) is 0. The maximum atomic E-state index is 7.77. The average Bonchev–Trinajstić information content (AvgIpc) is 3.18. The molecule has 0 spiro atoms. The Morgan fingerprint density at radius 3 is 1.17 bits per heavy atom. The molecule has 0 saturated carbocycles. The molecule has 6 aromatic carbocycles. The molecule has 0 fully saturated rings. The van der Waals surface area contributed by atoms with E-state index in [0.717, 1.165) is 48.7 Å². The van der Waals surface area contributed by atoms with E-state index in [4.69, 9.17) is 14.2 Å². The molecule has 5 heteroatoms. The summed E-state index contributed by atoms with van der Waals surface area (Å²) in [7, 11) is 0. The smallest absolute Gasteiger partial charge is 0.127 e. The second kappa shape index (κ2) is 18.1. The molecular weight excluding hydrogens is 878 g/mol. The van der Waals surface area contributed by atoms with Crippen LogP contribution >= 0.6 is 45.2 Å². The van der Waals surface area contributed by atoms with Crippen molar-refractivity contribution in [2.24, 2.45) is 0 Å². The normalized spacial score (nSPS) is 14.8. The predicted molar refractivity (Wildman–Crippen MR) is 236 cm³/mol. The summed E-state index contributed by atoms with van der Waals surface area (Å²) in [5.74, 6) is 3.29. The Morgan fingerprint density at radius 1 is 0.453 bits per heavy atom. The zero-order valence-electron chi connectivity index (χ0n) is 31.0. The molecule has 0 saturated heterocycles. The van der Waals surface area contributed by atoms with E-state index in [0.29, 0.717) is 0 Å². The van der Waals surface area contributed by atoms with Gasteiger partial charge in [-0.1, -0.05) is 113 Å². The first-order valence-electron chi connectivity index (χ1n) is 18.5. The summed E-state index contributed by atoms with van der Waals surface area (Å²) in [5, 5.41) is 0. The zero-order chi connectivity index (χ0) is 37.3. The van der Waals surface area contributed by atoms with Gasteiger partial charge >= 0.3 is 0 Å². The van der Waals surface area contributed by atoms with Crippen molar-refractivity contribution in [1.82, 2.24) is 0 Å². The van der Waals surface area contributed by atoms with E-state index in [1.807, 2.05) is 72.8 Å². The van der Waals surface area contributed by atoms with Gasteiger partial charge in [-0.15, -0.1) is 0 Å². The van der Waals surface area contributed by atoms with Gasteiger partial charge in [0.2, 0.25) is 0 Å². The van der Waals surface area contributed by atoms with Gasteiger partial charge in [-0.2, -0.15) is 0 Å². The topological polar surface area (TPSA) is 27.7 Å². The molecule has 3 nitrogen and oxygen atoms in total. The molecule has 4 unspecified atom stereocenters. The van der Waals surface area contributed by atoms with Crippen LogP contribution in [0.5, 0.6) is 23.0 Å². The molecule has 6 aromatic rings. The summed E-state index contributed by atoms with van der Waals surface area (Å²) >= 11 is 4.79. The van der Waals surface area contributed by atoms with Crippen molar-refractivity contribution in [3.63, 3.8) is 0 Å². The van der Waals surface area contributed by atoms with E-state index in [9.17, 15) is 0 Å². The summed E-state index contributed by atoms with van der Waals surface area (Å²) in [4.78, 5) is 0. The van der Waals surface area contributed by atoms with Crippen molar-refractivity contribution in [1.29, 1.82) is 0 Å². The van der Waals surface area contributed by atoms with Crippen molar-refractivity contribution in [3.8, 4) is 23.0 Å². The molecule has 0 aliphatic rings.